The normalized spacial score (nSPS) is 19.5. The Morgan fingerprint density at radius 3 is 2.93 bits per heavy atom. The van der Waals surface area contributed by atoms with Crippen LogP contribution in [0.4, 0.5) is 0 Å². The molecule has 0 unspecified atom stereocenters. The molecule has 1 aliphatic carbocycles. The van der Waals surface area contributed by atoms with Gasteiger partial charge in [-0.2, -0.15) is 0 Å². The minimum Gasteiger partial charge on any atom is -0.319 e. The molecule has 0 amide bonds. The first-order valence-electron chi connectivity index (χ1n) is 4.74. The zero-order valence-electron chi connectivity index (χ0n) is 7.72. The summed E-state index contributed by atoms with van der Waals surface area (Å²) in [5.74, 6) is 0.862. The highest BCUT2D eigenvalue weighted by Crippen LogP contribution is 2.37. The summed E-state index contributed by atoms with van der Waals surface area (Å²) in [6.45, 7) is 0. The van der Waals surface area contributed by atoms with E-state index >= 15 is 0 Å². The molecule has 1 aliphatic rings. The molecule has 72 valence electrons. The van der Waals surface area contributed by atoms with E-state index < -0.39 is 0 Å². The topological polar surface area (TPSA) is 69.1 Å². The summed E-state index contributed by atoms with van der Waals surface area (Å²) < 4.78 is 1.92. The number of hydrogen-bond donors (Lipinski definition) is 1. The lowest BCUT2D eigenvalue weighted by Gasteiger charge is -2.36. The highest BCUT2D eigenvalue weighted by atomic mass is 15.3. The molecule has 0 bridgehead atoms. The minimum absolute atomic E-state index is 0.263. The molecule has 5 heteroatoms. The van der Waals surface area contributed by atoms with Gasteiger partial charge in [0.15, 0.2) is 11.5 Å². The van der Waals surface area contributed by atoms with E-state index in [2.05, 4.69) is 15.2 Å². The first-order valence-corrected chi connectivity index (χ1v) is 4.74. The molecular weight excluding hydrogens is 178 g/mol. The third kappa shape index (κ3) is 0.899. The highest BCUT2D eigenvalue weighted by Gasteiger charge is 2.38. The number of aromatic nitrogens is 4. The summed E-state index contributed by atoms with van der Waals surface area (Å²) in [5.41, 5.74) is 6.69. The summed E-state index contributed by atoms with van der Waals surface area (Å²) in [7, 11) is 0. The number of hydrogen-bond acceptors (Lipinski definition) is 4. The SMILES string of the molecule is NC1(c2nnc3cnccn23)CCC1. The van der Waals surface area contributed by atoms with Gasteiger partial charge in [-0.3, -0.25) is 9.38 Å². The predicted molar refractivity (Wildman–Crippen MR) is 50.5 cm³/mol. The summed E-state index contributed by atoms with van der Waals surface area (Å²) in [6, 6.07) is 0. The number of nitrogens with zero attached hydrogens (tertiary/aromatic N) is 4. The smallest absolute Gasteiger partial charge is 0.179 e. The van der Waals surface area contributed by atoms with Crippen molar-refractivity contribution in [3.05, 3.63) is 24.4 Å². The van der Waals surface area contributed by atoms with E-state index in [9.17, 15) is 0 Å². The molecule has 0 radical (unpaired) electrons. The van der Waals surface area contributed by atoms with Crippen molar-refractivity contribution in [3.63, 3.8) is 0 Å². The largest absolute Gasteiger partial charge is 0.319 e. The lowest BCUT2D eigenvalue weighted by molar-refractivity contribution is 0.236. The molecular formula is C9H11N5. The molecule has 1 saturated carbocycles. The third-order valence-electron chi connectivity index (χ3n) is 2.91. The van der Waals surface area contributed by atoms with Gasteiger partial charge in [0.25, 0.3) is 0 Å². The molecule has 2 N–H and O–H groups in total. The van der Waals surface area contributed by atoms with E-state index in [0.717, 1.165) is 24.3 Å². The Bertz CT molecular complexity index is 471. The summed E-state index contributed by atoms with van der Waals surface area (Å²) in [4.78, 5) is 3.99. The molecule has 0 aromatic carbocycles. The molecule has 0 saturated heterocycles. The number of fused-ring (bicyclic) bond motifs is 1. The Kier molecular flexibility index (Phi) is 1.41. The first-order chi connectivity index (χ1) is 6.80. The van der Waals surface area contributed by atoms with Gasteiger partial charge in [0, 0.05) is 12.4 Å². The lowest BCUT2D eigenvalue weighted by Crippen LogP contribution is -2.45. The minimum atomic E-state index is -0.263. The summed E-state index contributed by atoms with van der Waals surface area (Å²) in [6.07, 6.45) is 8.45. The van der Waals surface area contributed by atoms with Crippen LogP contribution in [0, 0.1) is 0 Å². The van der Waals surface area contributed by atoms with Gasteiger partial charge in [0.1, 0.15) is 0 Å². The number of nitrogens with two attached hydrogens (primary N) is 1. The summed E-state index contributed by atoms with van der Waals surface area (Å²) in [5, 5.41) is 8.17. The second kappa shape index (κ2) is 2.51. The molecule has 5 nitrogen and oxygen atoms in total. The van der Waals surface area contributed by atoms with E-state index in [0.29, 0.717) is 0 Å². The van der Waals surface area contributed by atoms with Gasteiger partial charge in [-0.25, -0.2) is 0 Å². The molecule has 2 heterocycles. The van der Waals surface area contributed by atoms with Crippen molar-refractivity contribution in [1.29, 1.82) is 0 Å². The fourth-order valence-corrected chi connectivity index (χ4v) is 1.87. The van der Waals surface area contributed by atoms with Gasteiger partial charge in [-0.05, 0) is 19.3 Å². The predicted octanol–water partition coefficient (Wildman–Crippen LogP) is 0.462. The molecule has 2 aromatic heterocycles. The Morgan fingerprint density at radius 2 is 2.21 bits per heavy atom. The molecule has 14 heavy (non-hydrogen) atoms. The standard InChI is InChI=1S/C9H11N5/c10-9(2-1-3-9)8-13-12-7-6-11-4-5-14(7)8/h4-6H,1-3,10H2. The fourth-order valence-electron chi connectivity index (χ4n) is 1.87. The van der Waals surface area contributed by atoms with Crippen molar-refractivity contribution in [2.24, 2.45) is 5.73 Å². The van der Waals surface area contributed by atoms with E-state index in [4.69, 9.17) is 5.73 Å². The summed E-state index contributed by atoms with van der Waals surface area (Å²) >= 11 is 0. The van der Waals surface area contributed by atoms with Crippen LogP contribution < -0.4 is 5.73 Å². The van der Waals surface area contributed by atoms with Crippen molar-refractivity contribution >= 4 is 5.65 Å². The van der Waals surface area contributed by atoms with Crippen molar-refractivity contribution in [2.75, 3.05) is 0 Å². The third-order valence-corrected chi connectivity index (χ3v) is 2.91. The zero-order valence-corrected chi connectivity index (χ0v) is 7.72. The Hall–Kier alpha value is -1.49. The Balaban J connectivity index is 2.22. The average molecular weight is 189 g/mol. The van der Waals surface area contributed by atoms with E-state index in [1.165, 1.54) is 6.42 Å². The van der Waals surface area contributed by atoms with E-state index in [1.807, 2.05) is 10.6 Å². The highest BCUT2D eigenvalue weighted by molar-refractivity contribution is 5.35. The van der Waals surface area contributed by atoms with Gasteiger partial charge >= 0.3 is 0 Å². The molecule has 3 rings (SSSR count). The van der Waals surface area contributed by atoms with Crippen LogP contribution in [0.25, 0.3) is 5.65 Å². The van der Waals surface area contributed by atoms with Crippen LogP contribution in [-0.4, -0.2) is 19.6 Å². The maximum Gasteiger partial charge on any atom is 0.179 e. The van der Waals surface area contributed by atoms with Crippen molar-refractivity contribution in [3.8, 4) is 0 Å². The van der Waals surface area contributed by atoms with Crippen LogP contribution in [0.15, 0.2) is 18.6 Å². The Morgan fingerprint density at radius 1 is 1.36 bits per heavy atom. The van der Waals surface area contributed by atoms with Crippen molar-refractivity contribution in [1.82, 2.24) is 19.6 Å². The fraction of sp³-hybridized carbons (Fsp3) is 0.444. The average Bonchev–Trinajstić information content (AvgIpc) is 2.58. The van der Waals surface area contributed by atoms with Crippen LogP contribution in [0.2, 0.25) is 0 Å². The molecule has 1 fully saturated rings. The van der Waals surface area contributed by atoms with Gasteiger partial charge in [-0.1, -0.05) is 0 Å². The zero-order chi connectivity index (χ0) is 9.60. The van der Waals surface area contributed by atoms with Crippen LogP contribution in [-0.2, 0) is 5.54 Å². The maximum absolute atomic E-state index is 6.19. The van der Waals surface area contributed by atoms with Crippen LogP contribution in [0.5, 0.6) is 0 Å². The van der Waals surface area contributed by atoms with Crippen LogP contribution >= 0.6 is 0 Å². The van der Waals surface area contributed by atoms with Gasteiger partial charge < -0.3 is 5.73 Å². The molecule has 0 spiro atoms. The van der Waals surface area contributed by atoms with Crippen molar-refractivity contribution < 1.29 is 0 Å². The quantitative estimate of drug-likeness (QED) is 0.707. The van der Waals surface area contributed by atoms with Gasteiger partial charge in [0.05, 0.1) is 11.7 Å². The molecule has 2 aromatic rings. The second-order valence-corrected chi connectivity index (χ2v) is 3.84. The van der Waals surface area contributed by atoms with Crippen molar-refractivity contribution in [2.45, 2.75) is 24.8 Å². The first kappa shape index (κ1) is 7.87. The van der Waals surface area contributed by atoms with Gasteiger partial charge in [-0.15, -0.1) is 10.2 Å². The lowest BCUT2D eigenvalue weighted by atomic mass is 9.77. The van der Waals surface area contributed by atoms with Crippen LogP contribution in [0.3, 0.4) is 0 Å². The van der Waals surface area contributed by atoms with Crippen LogP contribution in [0.1, 0.15) is 25.1 Å². The monoisotopic (exact) mass is 189 g/mol. The molecule has 0 atom stereocenters. The second-order valence-electron chi connectivity index (χ2n) is 3.84. The van der Waals surface area contributed by atoms with Gasteiger partial charge in [0.2, 0.25) is 0 Å². The Labute approximate surface area is 81.0 Å². The maximum atomic E-state index is 6.19. The molecule has 0 aliphatic heterocycles. The number of rotatable bonds is 1. The van der Waals surface area contributed by atoms with E-state index in [1.54, 1.807) is 12.4 Å². The van der Waals surface area contributed by atoms with E-state index in [-0.39, 0.29) is 5.54 Å².